The molecule has 0 saturated carbocycles. The molecule has 1 atom stereocenters. The topological polar surface area (TPSA) is 15.3 Å². The highest BCUT2D eigenvalue weighted by Crippen LogP contribution is 2.11. The summed E-state index contributed by atoms with van der Waals surface area (Å²) in [6.07, 6.45) is 6.70. The van der Waals surface area contributed by atoms with Gasteiger partial charge in [0.05, 0.1) is 0 Å². The van der Waals surface area contributed by atoms with E-state index < -0.39 is 0 Å². The summed E-state index contributed by atoms with van der Waals surface area (Å²) >= 11 is 0. The van der Waals surface area contributed by atoms with Crippen molar-refractivity contribution in [3.05, 3.63) is 0 Å². The first-order chi connectivity index (χ1) is 7.72. The molecule has 0 aromatic carbocycles. The number of nitrogens with one attached hydrogen (secondary N) is 1. The summed E-state index contributed by atoms with van der Waals surface area (Å²) in [5.41, 5.74) is 0. The Morgan fingerprint density at radius 1 is 1.25 bits per heavy atom. The van der Waals surface area contributed by atoms with Gasteiger partial charge in [0.2, 0.25) is 0 Å². The fourth-order valence-electron chi connectivity index (χ4n) is 2.48. The molecule has 1 saturated heterocycles. The van der Waals surface area contributed by atoms with Crippen molar-refractivity contribution in [1.29, 1.82) is 0 Å². The molecule has 1 heterocycles. The third-order valence-electron chi connectivity index (χ3n) is 3.52. The zero-order valence-corrected chi connectivity index (χ0v) is 11.5. The van der Waals surface area contributed by atoms with E-state index in [1.807, 2.05) is 0 Å². The van der Waals surface area contributed by atoms with E-state index in [4.69, 9.17) is 0 Å². The van der Waals surface area contributed by atoms with Crippen LogP contribution in [0.1, 0.15) is 52.9 Å². The standard InChI is InChI=1S/C14H30N2/c1-4-10-16-11-5-6-14(8-12-16)15-9-7-13(2)3/h13-15H,4-12H2,1-3H3. The summed E-state index contributed by atoms with van der Waals surface area (Å²) in [4.78, 5) is 2.63. The predicted molar refractivity (Wildman–Crippen MR) is 71.8 cm³/mol. The average Bonchev–Trinajstić information content (AvgIpc) is 2.44. The normalized spacial score (nSPS) is 23.6. The largest absolute Gasteiger partial charge is 0.314 e. The first kappa shape index (κ1) is 14.0. The van der Waals surface area contributed by atoms with Gasteiger partial charge in [-0.3, -0.25) is 0 Å². The molecule has 2 heteroatoms. The van der Waals surface area contributed by atoms with Crippen LogP contribution in [-0.2, 0) is 0 Å². The van der Waals surface area contributed by atoms with E-state index in [9.17, 15) is 0 Å². The van der Waals surface area contributed by atoms with Crippen LogP contribution in [0.4, 0.5) is 0 Å². The molecule has 2 nitrogen and oxygen atoms in total. The minimum atomic E-state index is 0.778. The zero-order chi connectivity index (χ0) is 11.8. The highest BCUT2D eigenvalue weighted by Gasteiger charge is 2.15. The minimum absolute atomic E-state index is 0.778. The van der Waals surface area contributed by atoms with Crippen LogP contribution in [0.5, 0.6) is 0 Å². The third-order valence-corrected chi connectivity index (χ3v) is 3.52. The molecule has 1 fully saturated rings. The van der Waals surface area contributed by atoms with E-state index in [1.54, 1.807) is 0 Å². The molecule has 1 rings (SSSR count). The summed E-state index contributed by atoms with van der Waals surface area (Å²) in [6, 6.07) is 0.778. The van der Waals surface area contributed by atoms with Crippen LogP contribution in [0.25, 0.3) is 0 Å². The molecule has 0 spiro atoms. The summed E-state index contributed by atoms with van der Waals surface area (Å²) in [6.45, 7) is 12.0. The summed E-state index contributed by atoms with van der Waals surface area (Å²) in [5, 5.41) is 3.73. The molecule has 16 heavy (non-hydrogen) atoms. The summed E-state index contributed by atoms with van der Waals surface area (Å²) in [5.74, 6) is 0.829. The van der Waals surface area contributed by atoms with Crippen molar-refractivity contribution in [2.45, 2.75) is 58.9 Å². The van der Waals surface area contributed by atoms with Crippen LogP contribution >= 0.6 is 0 Å². The molecular weight excluding hydrogens is 196 g/mol. The van der Waals surface area contributed by atoms with Gasteiger partial charge in [0.15, 0.2) is 0 Å². The Kier molecular flexibility index (Phi) is 7.06. The average molecular weight is 226 g/mol. The smallest absolute Gasteiger partial charge is 0.00797 e. The monoisotopic (exact) mass is 226 g/mol. The van der Waals surface area contributed by atoms with Gasteiger partial charge in [0.25, 0.3) is 0 Å². The molecule has 0 aromatic heterocycles. The minimum Gasteiger partial charge on any atom is -0.314 e. The second-order valence-corrected chi connectivity index (χ2v) is 5.61. The van der Waals surface area contributed by atoms with E-state index in [2.05, 4.69) is 31.0 Å². The van der Waals surface area contributed by atoms with E-state index in [-0.39, 0.29) is 0 Å². The lowest BCUT2D eigenvalue weighted by molar-refractivity contribution is 0.282. The van der Waals surface area contributed by atoms with Crippen molar-refractivity contribution in [2.24, 2.45) is 5.92 Å². The van der Waals surface area contributed by atoms with Crippen LogP contribution in [0, 0.1) is 5.92 Å². The van der Waals surface area contributed by atoms with Gasteiger partial charge in [-0.15, -0.1) is 0 Å². The van der Waals surface area contributed by atoms with Crippen molar-refractivity contribution in [3.63, 3.8) is 0 Å². The van der Waals surface area contributed by atoms with Crippen molar-refractivity contribution >= 4 is 0 Å². The van der Waals surface area contributed by atoms with Gasteiger partial charge in [-0.2, -0.15) is 0 Å². The molecule has 1 aliphatic heterocycles. The lowest BCUT2D eigenvalue weighted by Gasteiger charge is -2.19. The predicted octanol–water partition coefficient (Wildman–Crippen LogP) is 2.89. The highest BCUT2D eigenvalue weighted by molar-refractivity contribution is 4.74. The second-order valence-electron chi connectivity index (χ2n) is 5.61. The Balaban J connectivity index is 2.14. The first-order valence-electron chi connectivity index (χ1n) is 7.18. The lowest BCUT2D eigenvalue weighted by Crippen LogP contribution is -2.32. The van der Waals surface area contributed by atoms with Gasteiger partial charge in [0, 0.05) is 6.04 Å². The Morgan fingerprint density at radius 3 is 2.75 bits per heavy atom. The third kappa shape index (κ3) is 5.86. The Labute approximate surface area is 102 Å². The molecular formula is C14H30N2. The van der Waals surface area contributed by atoms with Gasteiger partial charge in [-0.05, 0) is 64.2 Å². The maximum absolute atomic E-state index is 3.73. The number of hydrogen-bond acceptors (Lipinski definition) is 2. The summed E-state index contributed by atoms with van der Waals surface area (Å²) < 4.78 is 0. The number of nitrogens with zero attached hydrogens (tertiary/aromatic N) is 1. The first-order valence-corrected chi connectivity index (χ1v) is 7.18. The zero-order valence-electron chi connectivity index (χ0n) is 11.5. The van der Waals surface area contributed by atoms with Gasteiger partial charge in [-0.25, -0.2) is 0 Å². The van der Waals surface area contributed by atoms with Crippen LogP contribution in [0.15, 0.2) is 0 Å². The van der Waals surface area contributed by atoms with E-state index in [1.165, 1.54) is 58.3 Å². The van der Waals surface area contributed by atoms with Crippen molar-refractivity contribution in [1.82, 2.24) is 10.2 Å². The second kappa shape index (κ2) is 8.08. The van der Waals surface area contributed by atoms with Gasteiger partial charge >= 0.3 is 0 Å². The molecule has 0 aliphatic carbocycles. The quantitative estimate of drug-likeness (QED) is 0.749. The maximum atomic E-state index is 3.73. The van der Waals surface area contributed by atoms with E-state index in [0.717, 1.165) is 12.0 Å². The summed E-state index contributed by atoms with van der Waals surface area (Å²) in [7, 11) is 0. The van der Waals surface area contributed by atoms with Gasteiger partial charge in [-0.1, -0.05) is 20.8 Å². The number of hydrogen-bond donors (Lipinski definition) is 1. The molecule has 0 bridgehead atoms. The van der Waals surface area contributed by atoms with Crippen molar-refractivity contribution in [3.8, 4) is 0 Å². The number of rotatable bonds is 6. The molecule has 0 amide bonds. The van der Waals surface area contributed by atoms with E-state index in [0.29, 0.717) is 0 Å². The molecule has 0 aromatic rings. The molecule has 1 aliphatic rings. The Hall–Kier alpha value is -0.0800. The number of likely N-dealkylation sites (tertiary alicyclic amines) is 1. The lowest BCUT2D eigenvalue weighted by atomic mass is 10.1. The molecule has 1 N–H and O–H groups in total. The molecule has 1 unspecified atom stereocenters. The van der Waals surface area contributed by atoms with Crippen molar-refractivity contribution < 1.29 is 0 Å². The molecule has 96 valence electrons. The van der Waals surface area contributed by atoms with Crippen LogP contribution < -0.4 is 5.32 Å². The fraction of sp³-hybridized carbons (Fsp3) is 1.00. The van der Waals surface area contributed by atoms with Crippen LogP contribution in [0.3, 0.4) is 0 Å². The van der Waals surface area contributed by atoms with Crippen LogP contribution in [0.2, 0.25) is 0 Å². The van der Waals surface area contributed by atoms with Crippen LogP contribution in [-0.4, -0.2) is 37.1 Å². The highest BCUT2D eigenvalue weighted by atomic mass is 15.1. The van der Waals surface area contributed by atoms with E-state index >= 15 is 0 Å². The Morgan fingerprint density at radius 2 is 2.06 bits per heavy atom. The molecule has 0 radical (unpaired) electrons. The van der Waals surface area contributed by atoms with Gasteiger partial charge < -0.3 is 10.2 Å². The van der Waals surface area contributed by atoms with Crippen molar-refractivity contribution in [2.75, 3.05) is 26.2 Å². The SMILES string of the molecule is CCCN1CCCC(NCCC(C)C)CC1. The van der Waals surface area contributed by atoms with Gasteiger partial charge in [0.1, 0.15) is 0 Å². The fourth-order valence-corrected chi connectivity index (χ4v) is 2.48. The Bertz CT molecular complexity index is 168. The maximum Gasteiger partial charge on any atom is 0.00797 e.